The Balaban J connectivity index is 1.84. The van der Waals surface area contributed by atoms with E-state index in [4.69, 9.17) is 4.74 Å². The van der Waals surface area contributed by atoms with Gasteiger partial charge in [-0.1, -0.05) is 34.5 Å². The maximum Gasteiger partial charge on any atom is 0.310 e. The zero-order chi connectivity index (χ0) is 12.1. The van der Waals surface area contributed by atoms with E-state index in [1.54, 1.807) is 0 Å². The molecule has 0 radical (unpaired) electrons. The Bertz CT molecular complexity index is 384. The Labute approximate surface area is 110 Å². The fourth-order valence-corrected chi connectivity index (χ4v) is 2.67. The lowest BCUT2D eigenvalue weighted by atomic mass is 9.98. The second-order valence-corrected chi connectivity index (χ2v) is 5.47. The summed E-state index contributed by atoms with van der Waals surface area (Å²) in [5.41, 5.74) is 1.00. The van der Waals surface area contributed by atoms with Crippen LogP contribution in [-0.4, -0.2) is 12.1 Å². The number of ether oxygens (including phenoxy) is 1. The number of hydrogen-bond donors (Lipinski definition) is 0. The maximum atomic E-state index is 11.8. The topological polar surface area (TPSA) is 26.3 Å². The fraction of sp³-hybridized carbons (Fsp3) is 0.500. The van der Waals surface area contributed by atoms with Crippen molar-refractivity contribution in [3.63, 3.8) is 0 Å². The van der Waals surface area contributed by atoms with Crippen LogP contribution in [0.15, 0.2) is 28.7 Å². The first-order chi connectivity index (χ1) is 8.24. The second-order valence-electron chi connectivity index (χ2n) is 4.56. The van der Waals surface area contributed by atoms with E-state index in [1.165, 1.54) is 19.3 Å². The lowest BCUT2D eigenvalue weighted by Gasteiger charge is -2.21. The summed E-state index contributed by atoms with van der Waals surface area (Å²) in [5, 5.41) is 0. The van der Waals surface area contributed by atoms with Crippen LogP contribution in [0.2, 0.25) is 0 Å². The molecule has 0 aliphatic heterocycles. The molecule has 0 saturated heterocycles. The molecule has 1 saturated carbocycles. The highest BCUT2D eigenvalue weighted by molar-refractivity contribution is 9.10. The van der Waals surface area contributed by atoms with Crippen LogP contribution in [0.5, 0.6) is 0 Å². The van der Waals surface area contributed by atoms with E-state index >= 15 is 0 Å². The molecule has 1 fully saturated rings. The van der Waals surface area contributed by atoms with Gasteiger partial charge in [0.05, 0.1) is 6.42 Å². The van der Waals surface area contributed by atoms with Gasteiger partial charge in [-0.3, -0.25) is 4.79 Å². The molecular weight excluding hydrogens is 280 g/mol. The van der Waals surface area contributed by atoms with Crippen molar-refractivity contribution in [2.45, 2.75) is 44.6 Å². The van der Waals surface area contributed by atoms with Crippen LogP contribution in [0.1, 0.15) is 37.7 Å². The van der Waals surface area contributed by atoms with Gasteiger partial charge in [0.1, 0.15) is 6.10 Å². The van der Waals surface area contributed by atoms with E-state index < -0.39 is 0 Å². The molecule has 0 spiro atoms. The average molecular weight is 297 g/mol. The second kappa shape index (κ2) is 6.20. The molecule has 2 rings (SSSR count). The third-order valence-electron chi connectivity index (χ3n) is 3.09. The van der Waals surface area contributed by atoms with Gasteiger partial charge in [-0.25, -0.2) is 0 Å². The predicted molar refractivity (Wildman–Crippen MR) is 70.8 cm³/mol. The third-order valence-corrected chi connectivity index (χ3v) is 3.58. The number of esters is 1. The molecule has 0 amide bonds. The van der Waals surface area contributed by atoms with Crippen LogP contribution >= 0.6 is 15.9 Å². The third kappa shape index (κ3) is 4.15. The minimum Gasteiger partial charge on any atom is -0.462 e. The molecule has 0 N–H and O–H groups in total. The lowest BCUT2D eigenvalue weighted by Crippen LogP contribution is -2.21. The van der Waals surface area contributed by atoms with Gasteiger partial charge < -0.3 is 4.74 Å². The molecule has 1 aliphatic carbocycles. The minimum absolute atomic E-state index is 0.102. The molecule has 0 atom stereocenters. The molecule has 3 heteroatoms. The summed E-state index contributed by atoms with van der Waals surface area (Å²) in [6, 6.07) is 7.80. The van der Waals surface area contributed by atoms with Crippen molar-refractivity contribution >= 4 is 21.9 Å². The molecule has 92 valence electrons. The van der Waals surface area contributed by atoms with Crippen LogP contribution in [0, 0.1) is 0 Å². The zero-order valence-corrected chi connectivity index (χ0v) is 11.4. The number of carbonyl (C=O) groups excluding carboxylic acids is 1. The molecule has 0 aromatic heterocycles. The van der Waals surface area contributed by atoms with Crippen molar-refractivity contribution in [3.8, 4) is 0 Å². The van der Waals surface area contributed by atoms with Gasteiger partial charge in [0.2, 0.25) is 0 Å². The summed E-state index contributed by atoms with van der Waals surface area (Å²) in [6.07, 6.45) is 6.25. The van der Waals surface area contributed by atoms with Crippen molar-refractivity contribution < 1.29 is 9.53 Å². The number of rotatable bonds is 3. The van der Waals surface area contributed by atoms with E-state index in [-0.39, 0.29) is 12.1 Å². The molecular formula is C14H17BrO2. The Morgan fingerprint density at radius 2 is 2.06 bits per heavy atom. The Morgan fingerprint density at radius 1 is 1.29 bits per heavy atom. The summed E-state index contributed by atoms with van der Waals surface area (Å²) in [6.45, 7) is 0. The van der Waals surface area contributed by atoms with Crippen LogP contribution in [-0.2, 0) is 16.0 Å². The summed E-state index contributed by atoms with van der Waals surface area (Å²) in [4.78, 5) is 11.8. The first-order valence-corrected chi connectivity index (χ1v) is 6.97. The highest BCUT2D eigenvalue weighted by Gasteiger charge is 2.17. The monoisotopic (exact) mass is 296 g/mol. The SMILES string of the molecule is O=C(Cc1cccc(Br)c1)OC1CCCCC1. The van der Waals surface area contributed by atoms with Gasteiger partial charge >= 0.3 is 5.97 Å². The zero-order valence-electron chi connectivity index (χ0n) is 9.82. The van der Waals surface area contributed by atoms with Crippen molar-refractivity contribution in [1.29, 1.82) is 0 Å². The molecule has 0 unspecified atom stereocenters. The van der Waals surface area contributed by atoms with Crippen molar-refractivity contribution in [3.05, 3.63) is 34.3 Å². The molecule has 1 aromatic rings. The molecule has 1 aliphatic rings. The predicted octanol–water partition coefficient (Wildman–Crippen LogP) is 3.87. The van der Waals surface area contributed by atoms with Gasteiger partial charge in [-0.05, 0) is 43.4 Å². The highest BCUT2D eigenvalue weighted by atomic mass is 79.9. The van der Waals surface area contributed by atoms with Crippen molar-refractivity contribution in [1.82, 2.24) is 0 Å². The normalized spacial score (nSPS) is 16.8. The van der Waals surface area contributed by atoms with E-state index in [1.807, 2.05) is 24.3 Å². The van der Waals surface area contributed by atoms with Crippen LogP contribution in [0.4, 0.5) is 0 Å². The summed E-state index contributed by atoms with van der Waals surface area (Å²) in [7, 11) is 0. The van der Waals surface area contributed by atoms with Crippen LogP contribution in [0.3, 0.4) is 0 Å². The Kier molecular flexibility index (Phi) is 4.60. The van der Waals surface area contributed by atoms with Gasteiger partial charge in [0, 0.05) is 4.47 Å². The quantitative estimate of drug-likeness (QED) is 0.792. The summed E-state index contributed by atoms with van der Waals surface area (Å²) >= 11 is 3.40. The van der Waals surface area contributed by atoms with Crippen molar-refractivity contribution in [2.24, 2.45) is 0 Å². The summed E-state index contributed by atoms with van der Waals surface area (Å²) < 4.78 is 6.48. The first kappa shape index (κ1) is 12.6. The maximum absolute atomic E-state index is 11.8. The molecule has 0 heterocycles. The Morgan fingerprint density at radius 3 is 2.76 bits per heavy atom. The molecule has 0 bridgehead atoms. The van der Waals surface area contributed by atoms with Crippen LogP contribution in [0.25, 0.3) is 0 Å². The molecule has 17 heavy (non-hydrogen) atoms. The van der Waals surface area contributed by atoms with Crippen molar-refractivity contribution in [2.75, 3.05) is 0 Å². The summed E-state index contributed by atoms with van der Waals surface area (Å²) in [5.74, 6) is -0.102. The van der Waals surface area contributed by atoms with E-state index in [0.717, 1.165) is 22.9 Å². The average Bonchev–Trinajstić information content (AvgIpc) is 2.30. The standard InChI is InChI=1S/C14H17BrO2/c15-12-6-4-5-11(9-12)10-14(16)17-13-7-2-1-3-8-13/h4-6,9,13H,1-3,7-8,10H2. The smallest absolute Gasteiger partial charge is 0.310 e. The Hall–Kier alpha value is -0.830. The fourth-order valence-electron chi connectivity index (χ4n) is 2.22. The van der Waals surface area contributed by atoms with E-state index in [2.05, 4.69) is 15.9 Å². The van der Waals surface area contributed by atoms with Crippen LogP contribution < -0.4 is 0 Å². The molecule has 2 nitrogen and oxygen atoms in total. The number of carbonyl (C=O) groups is 1. The highest BCUT2D eigenvalue weighted by Crippen LogP contribution is 2.21. The van der Waals surface area contributed by atoms with Gasteiger partial charge in [0.25, 0.3) is 0 Å². The number of halogens is 1. The van der Waals surface area contributed by atoms with E-state index in [0.29, 0.717) is 6.42 Å². The van der Waals surface area contributed by atoms with Gasteiger partial charge in [0.15, 0.2) is 0 Å². The molecule has 1 aromatic carbocycles. The first-order valence-electron chi connectivity index (χ1n) is 6.18. The lowest BCUT2D eigenvalue weighted by molar-refractivity contribution is -0.149. The largest absolute Gasteiger partial charge is 0.462 e. The van der Waals surface area contributed by atoms with Gasteiger partial charge in [-0.2, -0.15) is 0 Å². The van der Waals surface area contributed by atoms with E-state index in [9.17, 15) is 4.79 Å². The van der Waals surface area contributed by atoms with Gasteiger partial charge in [-0.15, -0.1) is 0 Å². The number of benzene rings is 1. The minimum atomic E-state index is -0.102. The number of hydrogen-bond acceptors (Lipinski definition) is 2.